The number of hydrazone groups is 1. The van der Waals surface area contributed by atoms with E-state index in [-0.39, 0.29) is 5.91 Å². The van der Waals surface area contributed by atoms with Crippen LogP contribution in [0.15, 0.2) is 53.6 Å². The van der Waals surface area contributed by atoms with Gasteiger partial charge in [0.25, 0.3) is 5.91 Å². The minimum atomic E-state index is -0.273. The first-order valence-corrected chi connectivity index (χ1v) is 7.52. The van der Waals surface area contributed by atoms with E-state index >= 15 is 0 Å². The molecule has 0 aliphatic carbocycles. The zero-order valence-corrected chi connectivity index (χ0v) is 13.3. The van der Waals surface area contributed by atoms with Crippen LogP contribution in [0.25, 0.3) is 0 Å². The minimum absolute atomic E-state index is 0.273. The molecule has 5 nitrogen and oxygen atoms in total. The Kier molecular flexibility index (Phi) is 6.17. The highest BCUT2D eigenvalue weighted by atomic mass is 16.5. The molecule has 0 spiro atoms. The third-order valence-corrected chi connectivity index (χ3v) is 2.98. The number of nitrogens with zero attached hydrogens (tertiary/aromatic N) is 1. The maximum atomic E-state index is 12.0. The molecule has 0 aromatic heterocycles. The number of carbonyl (C=O) groups excluding carboxylic acids is 1. The number of carbonyl (C=O) groups is 1. The van der Waals surface area contributed by atoms with Crippen LogP contribution in [0.2, 0.25) is 0 Å². The molecule has 5 heteroatoms. The smallest absolute Gasteiger partial charge is 0.271 e. The molecule has 0 atom stereocenters. The van der Waals surface area contributed by atoms with Crippen molar-refractivity contribution >= 4 is 12.1 Å². The lowest BCUT2D eigenvalue weighted by atomic mass is 10.2. The molecule has 1 N–H and O–H groups in total. The Bertz CT molecular complexity index is 666. The van der Waals surface area contributed by atoms with Crippen LogP contribution in [0.4, 0.5) is 0 Å². The highest BCUT2D eigenvalue weighted by molar-refractivity contribution is 5.95. The minimum Gasteiger partial charge on any atom is -0.494 e. The predicted molar refractivity (Wildman–Crippen MR) is 90.3 cm³/mol. The summed E-state index contributed by atoms with van der Waals surface area (Å²) in [4.78, 5) is 12.0. The molecule has 0 saturated carbocycles. The van der Waals surface area contributed by atoms with Gasteiger partial charge in [0.1, 0.15) is 11.5 Å². The Balaban J connectivity index is 1.94. The first-order valence-electron chi connectivity index (χ1n) is 7.52. The van der Waals surface area contributed by atoms with Gasteiger partial charge in [-0.1, -0.05) is 12.1 Å². The highest BCUT2D eigenvalue weighted by Crippen LogP contribution is 2.13. The van der Waals surface area contributed by atoms with Crippen molar-refractivity contribution in [1.29, 1.82) is 0 Å². The van der Waals surface area contributed by atoms with Gasteiger partial charge in [0.05, 0.1) is 19.4 Å². The monoisotopic (exact) mass is 312 g/mol. The summed E-state index contributed by atoms with van der Waals surface area (Å²) in [5.41, 5.74) is 3.87. The van der Waals surface area contributed by atoms with Crippen molar-refractivity contribution in [3.8, 4) is 11.5 Å². The van der Waals surface area contributed by atoms with Crippen LogP contribution in [0.3, 0.4) is 0 Å². The molecule has 1 amide bonds. The Labute approximate surface area is 135 Å². The summed E-state index contributed by atoms with van der Waals surface area (Å²) in [6.45, 7) is 5.04. The second-order valence-electron chi connectivity index (χ2n) is 4.66. The summed E-state index contributed by atoms with van der Waals surface area (Å²) in [5.74, 6) is 1.24. The first kappa shape index (κ1) is 16.5. The quantitative estimate of drug-likeness (QED) is 0.630. The van der Waals surface area contributed by atoms with E-state index in [4.69, 9.17) is 9.47 Å². The molecule has 23 heavy (non-hydrogen) atoms. The number of hydrogen-bond acceptors (Lipinski definition) is 4. The molecule has 0 unspecified atom stereocenters. The zero-order chi connectivity index (χ0) is 16.5. The van der Waals surface area contributed by atoms with E-state index < -0.39 is 0 Å². The second-order valence-corrected chi connectivity index (χ2v) is 4.66. The van der Waals surface area contributed by atoms with E-state index in [0.717, 1.165) is 17.1 Å². The van der Waals surface area contributed by atoms with Gasteiger partial charge < -0.3 is 9.47 Å². The normalized spacial score (nSPS) is 10.5. The lowest BCUT2D eigenvalue weighted by molar-refractivity contribution is 0.0955. The molecular formula is C18H20N2O3. The van der Waals surface area contributed by atoms with Crippen LogP contribution in [-0.2, 0) is 0 Å². The number of nitrogens with one attached hydrogen (secondary N) is 1. The van der Waals surface area contributed by atoms with Crippen molar-refractivity contribution in [1.82, 2.24) is 5.43 Å². The van der Waals surface area contributed by atoms with Gasteiger partial charge in [-0.25, -0.2) is 5.43 Å². The Hall–Kier alpha value is -2.82. The third-order valence-electron chi connectivity index (χ3n) is 2.98. The molecule has 0 radical (unpaired) electrons. The van der Waals surface area contributed by atoms with E-state index in [1.54, 1.807) is 30.5 Å². The Morgan fingerprint density at radius 3 is 2.43 bits per heavy atom. The average Bonchev–Trinajstić information content (AvgIpc) is 2.56. The number of amides is 1. The summed E-state index contributed by atoms with van der Waals surface area (Å²) in [5, 5.41) is 3.97. The molecule has 2 aromatic carbocycles. The molecule has 0 aliphatic heterocycles. The second kappa shape index (κ2) is 8.58. The average molecular weight is 312 g/mol. The fourth-order valence-corrected chi connectivity index (χ4v) is 1.95. The molecule has 0 fully saturated rings. The van der Waals surface area contributed by atoms with Gasteiger partial charge in [0.2, 0.25) is 0 Å². The Morgan fingerprint density at radius 1 is 1.04 bits per heavy atom. The molecule has 0 saturated heterocycles. The third kappa shape index (κ3) is 5.14. The van der Waals surface area contributed by atoms with Gasteiger partial charge in [0.15, 0.2) is 0 Å². The van der Waals surface area contributed by atoms with E-state index in [9.17, 15) is 4.79 Å². The Morgan fingerprint density at radius 2 is 1.74 bits per heavy atom. The number of rotatable bonds is 7. The summed E-state index contributed by atoms with van der Waals surface area (Å²) in [6, 6.07) is 14.4. The number of benzene rings is 2. The number of ether oxygens (including phenoxy) is 2. The van der Waals surface area contributed by atoms with Crippen LogP contribution in [0, 0.1) is 0 Å². The summed E-state index contributed by atoms with van der Waals surface area (Å²) in [7, 11) is 0. The highest BCUT2D eigenvalue weighted by Gasteiger charge is 2.04. The van der Waals surface area contributed by atoms with Crippen molar-refractivity contribution in [3.63, 3.8) is 0 Å². The zero-order valence-electron chi connectivity index (χ0n) is 13.3. The van der Waals surface area contributed by atoms with E-state index in [2.05, 4.69) is 10.5 Å². The van der Waals surface area contributed by atoms with E-state index in [0.29, 0.717) is 18.8 Å². The largest absolute Gasteiger partial charge is 0.494 e. The first-order chi connectivity index (χ1) is 11.2. The molecule has 120 valence electrons. The molecular weight excluding hydrogens is 292 g/mol. The summed E-state index contributed by atoms with van der Waals surface area (Å²) < 4.78 is 10.8. The SMILES string of the molecule is CCOc1ccc(C(=O)N/N=C\c2cccc(OCC)c2)cc1. The van der Waals surface area contributed by atoms with Crippen LogP contribution in [0.5, 0.6) is 11.5 Å². The molecule has 2 rings (SSSR count). The van der Waals surface area contributed by atoms with Crippen molar-refractivity contribution in [2.75, 3.05) is 13.2 Å². The van der Waals surface area contributed by atoms with Gasteiger partial charge in [-0.3, -0.25) is 4.79 Å². The van der Waals surface area contributed by atoms with Crippen LogP contribution in [0.1, 0.15) is 29.8 Å². The standard InChI is InChI=1S/C18H20N2O3/c1-3-22-16-10-8-15(9-11-16)18(21)20-19-13-14-6-5-7-17(12-14)23-4-2/h5-13H,3-4H2,1-2H3,(H,20,21)/b19-13-. The van der Waals surface area contributed by atoms with Gasteiger partial charge in [-0.05, 0) is 55.8 Å². The lowest BCUT2D eigenvalue weighted by Gasteiger charge is -2.04. The summed E-state index contributed by atoms with van der Waals surface area (Å²) >= 11 is 0. The lowest BCUT2D eigenvalue weighted by Crippen LogP contribution is -2.17. The van der Waals surface area contributed by atoms with Crippen molar-refractivity contribution < 1.29 is 14.3 Å². The van der Waals surface area contributed by atoms with Gasteiger partial charge in [0, 0.05) is 5.56 Å². The van der Waals surface area contributed by atoms with Crippen molar-refractivity contribution in [2.45, 2.75) is 13.8 Å². The van der Waals surface area contributed by atoms with E-state index in [1.807, 2.05) is 38.1 Å². The van der Waals surface area contributed by atoms with Crippen LogP contribution < -0.4 is 14.9 Å². The summed E-state index contributed by atoms with van der Waals surface area (Å²) in [6.07, 6.45) is 1.58. The topological polar surface area (TPSA) is 59.9 Å². The molecule has 0 aliphatic rings. The predicted octanol–water partition coefficient (Wildman–Crippen LogP) is 3.25. The van der Waals surface area contributed by atoms with Crippen molar-refractivity contribution in [2.24, 2.45) is 5.10 Å². The molecule has 2 aromatic rings. The maximum absolute atomic E-state index is 12.0. The van der Waals surface area contributed by atoms with Crippen molar-refractivity contribution in [3.05, 3.63) is 59.7 Å². The van der Waals surface area contributed by atoms with Crippen LogP contribution >= 0.6 is 0 Å². The number of hydrogen-bond donors (Lipinski definition) is 1. The van der Waals surface area contributed by atoms with Gasteiger partial charge in [-0.2, -0.15) is 5.10 Å². The fraction of sp³-hybridized carbons (Fsp3) is 0.222. The molecule has 0 heterocycles. The van der Waals surface area contributed by atoms with Gasteiger partial charge in [-0.15, -0.1) is 0 Å². The van der Waals surface area contributed by atoms with Gasteiger partial charge >= 0.3 is 0 Å². The van der Waals surface area contributed by atoms with E-state index in [1.165, 1.54) is 0 Å². The molecule has 0 bridgehead atoms. The maximum Gasteiger partial charge on any atom is 0.271 e. The fourth-order valence-electron chi connectivity index (χ4n) is 1.95. The van der Waals surface area contributed by atoms with Crippen LogP contribution in [-0.4, -0.2) is 25.3 Å².